The van der Waals surface area contributed by atoms with Gasteiger partial charge in [0, 0.05) is 14.2 Å². The minimum absolute atomic E-state index is 0.157. The molecule has 0 bridgehead atoms. The van der Waals surface area contributed by atoms with Crippen LogP contribution in [0.1, 0.15) is 15.9 Å². The zero-order valence-electron chi connectivity index (χ0n) is 11.0. The molecule has 6 heteroatoms. The highest BCUT2D eigenvalue weighted by atomic mass is 127. The van der Waals surface area contributed by atoms with E-state index in [0.29, 0.717) is 15.7 Å². The Kier molecular flexibility index (Phi) is 4.14. The molecule has 3 nitrogen and oxygen atoms in total. The number of hydrogen-bond donors (Lipinski definition) is 1. The number of fused-ring (bicyclic) bond motifs is 1. The molecule has 0 aliphatic rings. The number of nitrogens with zero attached hydrogens (tertiary/aromatic N) is 1. The van der Waals surface area contributed by atoms with Gasteiger partial charge in [0.15, 0.2) is 5.13 Å². The Labute approximate surface area is 144 Å². The van der Waals surface area contributed by atoms with Crippen LogP contribution in [0.15, 0.2) is 36.4 Å². The van der Waals surface area contributed by atoms with Crippen LogP contribution in [0, 0.1) is 10.5 Å². The number of anilines is 1. The largest absolute Gasteiger partial charge is 0.298 e. The summed E-state index contributed by atoms with van der Waals surface area (Å²) >= 11 is 9.72. The van der Waals surface area contributed by atoms with Gasteiger partial charge in [-0.2, -0.15) is 0 Å². The quantitative estimate of drug-likeness (QED) is 0.576. The zero-order chi connectivity index (χ0) is 15.0. The van der Waals surface area contributed by atoms with Crippen LogP contribution in [0.4, 0.5) is 5.13 Å². The molecule has 0 radical (unpaired) electrons. The van der Waals surface area contributed by atoms with Crippen LogP contribution >= 0.6 is 45.5 Å². The van der Waals surface area contributed by atoms with Crippen molar-refractivity contribution in [1.82, 2.24) is 4.98 Å². The van der Waals surface area contributed by atoms with Gasteiger partial charge in [-0.1, -0.05) is 29.0 Å². The summed E-state index contributed by atoms with van der Waals surface area (Å²) in [5, 5.41) is 4.10. The highest BCUT2D eigenvalue weighted by Gasteiger charge is 2.11. The lowest BCUT2D eigenvalue weighted by atomic mass is 10.2. The second-order valence-corrected chi connectivity index (χ2v) is 7.24. The van der Waals surface area contributed by atoms with E-state index in [1.165, 1.54) is 11.3 Å². The Balaban J connectivity index is 1.89. The lowest BCUT2D eigenvalue weighted by Crippen LogP contribution is -2.11. The van der Waals surface area contributed by atoms with E-state index in [1.807, 2.05) is 37.3 Å². The number of carbonyl (C=O) groups is 1. The molecule has 1 heterocycles. The summed E-state index contributed by atoms with van der Waals surface area (Å²) in [6.07, 6.45) is 0. The van der Waals surface area contributed by atoms with Crippen LogP contribution in [0.3, 0.4) is 0 Å². The van der Waals surface area contributed by atoms with E-state index >= 15 is 0 Å². The Bertz CT molecular complexity index is 808. The standard InChI is InChI=1S/C15H10ClIN2OS/c1-8-5-13-12(7-11(8)16)18-15(21-13)19-14(20)9-3-2-4-10(17)6-9/h2-7H,1H3,(H,18,19,20). The van der Waals surface area contributed by atoms with Gasteiger partial charge in [0.05, 0.1) is 10.2 Å². The SMILES string of the molecule is Cc1cc2sc(NC(=O)c3cccc(I)c3)nc2cc1Cl. The number of thiazole rings is 1. The van der Waals surface area contributed by atoms with Crippen LogP contribution in [0.25, 0.3) is 10.2 Å². The van der Waals surface area contributed by atoms with Gasteiger partial charge in [-0.3, -0.25) is 10.1 Å². The van der Waals surface area contributed by atoms with Gasteiger partial charge in [-0.05, 0) is 65.4 Å². The minimum Gasteiger partial charge on any atom is -0.298 e. The van der Waals surface area contributed by atoms with Crippen molar-refractivity contribution in [2.24, 2.45) is 0 Å². The molecule has 21 heavy (non-hydrogen) atoms. The molecule has 0 spiro atoms. The van der Waals surface area contributed by atoms with Gasteiger partial charge < -0.3 is 0 Å². The summed E-state index contributed by atoms with van der Waals surface area (Å²) < 4.78 is 2.03. The Hall–Kier alpha value is -1.18. The third kappa shape index (κ3) is 3.20. The summed E-state index contributed by atoms with van der Waals surface area (Å²) in [7, 11) is 0. The first-order chi connectivity index (χ1) is 10.0. The molecule has 3 rings (SSSR count). The zero-order valence-corrected chi connectivity index (χ0v) is 14.7. The molecular formula is C15H10ClIN2OS. The lowest BCUT2D eigenvalue weighted by molar-refractivity contribution is 0.102. The lowest BCUT2D eigenvalue weighted by Gasteiger charge is -2.01. The van der Waals surface area contributed by atoms with E-state index in [4.69, 9.17) is 11.6 Å². The molecule has 0 saturated heterocycles. The first-order valence-electron chi connectivity index (χ1n) is 6.16. The fourth-order valence-corrected chi connectivity index (χ4v) is 3.54. The molecule has 3 aromatic rings. The number of nitrogens with one attached hydrogen (secondary N) is 1. The number of aryl methyl sites for hydroxylation is 1. The van der Waals surface area contributed by atoms with Crippen molar-refractivity contribution in [2.45, 2.75) is 6.92 Å². The molecule has 2 aromatic carbocycles. The second kappa shape index (κ2) is 5.90. The summed E-state index contributed by atoms with van der Waals surface area (Å²) in [4.78, 5) is 16.6. The third-order valence-corrected chi connectivity index (χ3v) is 4.99. The van der Waals surface area contributed by atoms with Gasteiger partial charge in [0.25, 0.3) is 5.91 Å². The summed E-state index contributed by atoms with van der Waals surface area (Å²) in [6, 6.07) is 11.2. The van der Waals surface area contributed by atoms with Crippen molar-refractivity contribution in [3.63, 3.8) is 0 Å². The van der Waals surface area contributed by atoms with Crippen molar-refractivity contribution in [1.29, 1.82) is 0 Å². The molecular weight excluding hydrogens is 419 g/mol. The maximum absolute atomic E-state index is 12.2. The number of amides is 1. The number of carbonyl (C=O) groups excluding carboxylic acids is 1. The number of hydrogen-bond acceptors (Lipinski definition) is 3. The average Bonchev–Trinajstić information content (AvgIpc) is 2.80. The van der Waals surface area contributed by atoms with Gasteiger partial charge in [-0.25, -0.2) is 4.98 Å². The molecule has 0 fully saturated rings. The summed E-state index contributed by atoms with van der Waals surface area (Å²) in [6.45, 7) is 1.95. The number of aromatic nitrogens is 1. The highest BCUT2D eigenvalue weighted by Crippen LogP contribution is 2.30. The molecule has 1 amide bonds. The molecule has 0 saturated carbocycles. The topological polar surface area (TPSA) is 42.0 Å². The van der Waals surface area contributed by atoms with Crippen LogP contribution in [0.5, 0.6) is 0 Å². The highest BCUT2D eigenvalue weighted by molar-refractivity contribution is 14.1. The number of halogens is 2. The molecule has 106 valence electrons. The first-order valence-corrected chi connectivity index (χ1v) is 8.44. The monoisotopic (exact) mass is 428 g/mol. The van der Waals surface area contributed by atoms with E-state index in [-0.39, 0.29) is 5.91 Å². The Morgan fingerprint density at radius 2 is 2.14 bits per heavy atom. The van der Waals surface area contributed by atoms with Gasteiger partial charge in [0.1, 0.15) is 0 Å². The molecule has 1 aromatic heterocycles. The fourth-order valence-electron chi connectivity index (χ4n) is 1.90. The third-order valence-electron chi connectivity index (χ3n) is 2.98. The van der Waals surface area contributed by atoms with Crippen molar-refractivity contribution in [3.05, 3.63) is 56.1 Å². The molecule has 0 aliphatic carbocycles. The summed E-state index contributed by atoms with van der Waals surface area (Å²) in [5.74, 6) is -0.157. The molecule has 1 N–H and O–H groups in total. The molecule has 0 atom stereocenters. The average molecular weight is 429 g/mol. The van der Waals surface area contributed by atoms with E-state index in [2.05, 4.69) is 32.9 Å². The molecule has 0 unspecified atom stereocenters. The predicted molar refractivity (Wildman–Crippen MR) is 96.5 cm³/mol. The van der Waals surface area contributed by atoms with Crippen LogP contribution in [-0.4, -0.2) is 10.9 Å². The van der Waals surface area contributed by atoms with Gasteiger partial charge >= 0.3 is 0 Å². The van der Waals surface area contributed by atoms with Crippen molar-refractivity contribution in [2.75, 3.05) is 5.32 Å². The van der Waals surface area contributed by atoms with Crippen LogP contribution < -0.4 is 5.32 Å². The van der Waals surface area contributed by atoms with E-state index < -0.39 is 0 Å². The fraction of sp³-hybridized carbons (Fsp3) is 0.0667. The summed E-state index contributed by atoms with van der Waals surface area (Å²) in [5.41, 5.74) is 2.42. The van der Waals surface area contributed by atoms with Gasteiger partial charge in [0.2, 0.25) is 0 Å². The maximum atomic E-state index is 12.2. The predicted octanol–water partition coefficient (Wildman–Crippen LogP) is 5.12. The van der Waals surface area contributed by atoms with E-state index in [9.17, 15) is 4.79 Å². The molecule has 0 aliphatic heterocycles. The van der Waals surface area contributed by atoms with Crippen molar-refractivity contribution >= 4 is 66.8 Å². The Morgan fingerprint density at radius 1 is 1.33 bits per heavy atom. The van der Waals surface area contributed by atoms with Crippen LogP contribution in [-0.2, 0) is 0 Å². The van der Waals surface area contributed by atoms with E-state index in [0.717, 1.165) is 19.4 Å². The van der Waals surface area contributed by atoms with Gasteiger partial charge in [-0.15, -0.1) is 0 Å². The Morgan fingerprint density at radius 3 is 2.90 bits per heavy atom. The minimum atomic E-state index is -0.157. The smallest absolute Gasteiger partial charge is 0.257 e. The van der Waals surface area contributed by atoms with Crippen molar-refractivity contribution < 1.29 is 4.79 Å². The first kappa shape index (κ1) is 14.7. The number of benzene rings is 2. The van der Waals surface area contributed by atoms with Crippen LogP contribution in [0.2, 0.25) is 5.02 Å². The second-order valence-electron chi connectivity index (χ2n) is 4.55. The normalized spacial score (nSPS) is 10.8. The van der Waals surface area contributed by atoms with Crippen molar-refractivity contribution in [3.8, 4) is 0 Å². The van der Waals surface area contributed by atoms with E-state index in [1.54, 1.807) is 6.07 Å². The maximum Gasteiger partial charge on any atom is 0.257 e. The number of rotatable bonds is 2.